The van der Waals surface area contributed by atoms with Crippen LogP contribution in [0.25, 0.3) is 0 Å². The van der Waals surface area contributed by atoms with Crippen molar-refractivity contribution in [3.63, 3.8) is 0 Å². The summed E-state index contributed by atoms with van der Waals surface area (Å²) in [4.78, 5) is 24.0. The molecule has 0 bridgehead atoms. The van der Waals surface area contributed by atoms with E-state index >= 15 is 0 Å². The molecule has 112 valence electrons. The predicted molar refractivity (Wildman–Crippen MR) is 83.0 cm³/mol. The van der Waals surface area contributed by atoms with Crippen LogP contribution in [0.3, 0.4) is 0 Å². The first-order valence-corrected chi connectivity index (χ1v) is 7.05. The molecular formula is C17H16N2O3. The molecule has 1 atom stereocenters. The molecule has 1 heterocycles. The topological polar surface area (TPSA) is 67.4 Å². The largest absolute Gasteiger partial charge is 0.477 e. The lowest BCUT2D eigenvalue weighted by molar-refractivity contribution is -0.123. The fourth-order valence-corrected chi connectivity index (χ4v) is 2.22. The highest BCUT2D eigenvalue weighted by atomic mass is 16.5. The van der Waals surface area contributed by atoms with Gasteiger partial charge in [-0.3, -0.25) is 9.59 Å². The Bertz CT molecular complexity index is 710. The lowest BCUT2D eigenvalue weighted by Gasteiger charge is -2.25. The van der Waals surface area contributed by atoms with Crippen molar-refractivity contribution < 1.29 is 14.3 Å². The Morgan fingerprint density at radius 2 is 1.91 bits per heavy atom. The molecule has 2 N–H and O–H groups in total. The molecule has 0 saturated heterocycles. The minimum atomic E-state index is -0.732. The second-order valence-electron chi connectivity index (χ2n) is 5.17. The highest BCUT2D eigenvalue weighted by Gasteiger charge is 2.27. The quantitative estimate of drug-likeness (QED) is 0.911. The normalized spacial score (nSPS) is 16.2. The fraction of sp³-hybridized carbons (Fsp3) is 0.176. The summed E-state index contributed by atoms with van der Waals surface area (Å²) in [5.74, 6) is 0.120. The van der Waals surface area contributed by atoms with Gasteiger partial charge in [0.1, 0.15) is 5.75 Å². The number of hydrogen-bond donors (Lipinski definition) is 2. The smallest absolute Gasteiger partial charge is 0.267 e. The van der Waals surface area contributed by atoms with Crippen LogP contribution in [-0.4, -0.2) is 24.5 Å². The molecule has 2 aromatic rings. The SMILES string of the molecule is Cc1ccc(C(=O)NCC2Oc3ccccc3NC2=O)cc1. The Morgan fingerprint density at radius 3 is 2.68 bits per heavy atom. The van der Waals surface area contributed by atoms with Crippen molar-refractivity contribution in [3.8, 4) is 5.75 Å². The van der Waals surface area contributed by atoms with Crippen molar-refractivity contribution in [1.29, 1.82) is 0 Å². The van der Waals surface area contributed by atoms with E-state index in [1.54, 1.807) is 24.3 Å². The number of carbonyl (C=O) groups excluding carboxylic acids is 2. The molecule has 0 fully saturated rings. The maximum Gasteiger partial charge on any atom is 0.267 e. The second kappa shape index (κ2) is 5.89. The van der Waals surface area contributed by atoms with Crippen LogP contribution in [0.1, 0.15) is 15.9 Å². The van der Waals surface area contributed by atoms with E-state index in [1.807, 2.05) is 31.2 Å². The van der Waals surface area contributed by atoms with E-state index in [0.717, 1.165) is 5.56 Å². The van der Waals surface area contributed by atoms with Crippen LogP contribution in [0, 0.1) is 6.92 Å². The molecule has 22 heavy (non-hydrogen) atoms. The number of para-hydroxylation sites is 2. The first-order chi connectivity index (χ1) is 10.6. The van der Waals surface area contributed by atoms with Gasteiger partial charge in [-0.1, -0.05) is 29.8 Å². The van der Waals surface area contributed by atoms with Crippen LogP contribution < -0.4 is 15.4 Å². The third kappa shape index (κ3) is 2.93. The second-order valence-corrected chi connectivity index (χ2v) is 5.17. The van der Waals surface area contributed by atoms with Gasteiger partial charge in [-0.25, -0.2) is 0 Å². The van der Waals surface area contributed by atoms with Crippen LogP contribution in [0.2, 0.25) is 0 Å². The van der Waals surface area contributed by atoms with Gasteiger partial charge < -0.3 is 15.4 Å². The van der Waals surface area contributed by atoms with Gasteiger partial charge in [-0.2, -0.15) is 0 Å². The molecule has 1 aliphatic heterocycles. The zero-order valence-electron chi connectivity index (χ0n) is 12.1. The zero-order chi connectivity index (χ0) is 15.5. The van der Waals surface area contributed by atoms with Crippen molar-refractivity contribution >= 4 is 17.5 Å². The van der Waals surface area contributed by atoms with Crippen molar-refractivity contribution in [3.05, 3.63) is 59.7 Å². The minimum absolute atomic E-state index is 0.118. The maximum absolute atomic E-state index is 12.1. The molecule has 1 aliphatic rings. The molecule has 1 unspecified atom stereocenters. The summed E-state index contributed by atoms with van der Waals surface area (Å²) in [5.41, 5.74) is 2.29. The van der Waals surface area contributed by atoms with Crippen molar-refractivity contribution in [2.45, 2.75) is 13.0 Å². The van der Waals surface area contributed by atoms with E-state index in [1.165, 1.54) is 0 Å². The number of benzene rings is 2. The lowest BCUT2D eigenvalue weighted by Crippen LogP contribution is -2.45. The third-order valence-electron chi connectivity index (χ3n) is 3.47. The summed E-state index contributed by atoms with van der Waals surface area (Å²) in [7, 11) is 0. The Hall–Kier alpha value is -2.82. The van der Waals surface area contributed by atoms with Gasteiger partial charge in [0.15, 0.2) is 6.10 Å². The number of aryl methyl sites for hydroxylation is 1. The number of hydrogen-bond acceptors (Lipinski definition) is 3. The highest BCUT2D eigenvalue weighted by Crippen LogP contribution is 2.28. The molecule has 0 spiro atoms. The molecule has 0 radical (unpaired) electrons. The highest BCUT2D eigenvalue weighted by molar-refractivity contribution is 5.99. The Kier molecular flexibility index (Phi) is 3.78. The maximum atomic E-state index is 12.1. The Labute approximate surface area is 128 Å². The van der Waals surface area contributed by atoms with Gasteiger partial charge >= 0.3 is 0 Å². The number of ether oxygens (including phenoxy) is 1. The molecule has 2 aromatic carbocycles. The first-order valence-electron chi connectivity index (χ1n) is 7.05. The predicted octanol–water partition coefficient (Wildman–Crippen LogP) is 2.12. The summed E-state index contributed by atoms with van der Waals surface area (Å²) in [6.45, 7) is 2.08. The average molecular weight is 296 g/mol. The van der Waals surface area contributed by atoms with E-state index in [4.69, 9.17) is 4.74 Å². The molecule has 5 nitrogen and oxygen atoms in total. The zero-order valence-corrected chi connectivity index (χ0v) is 12.1. The Morgan fingerprint density at radius 1 is 1.18 bits per heavy atom. The van der Waals surface area contributed by atoms with Crippen LogP contribution in [0.15, 0.2) is 48.5 Å². The van der Waals surface area contributed by atoms with Crippen LogP contribution in [0.5, 0.6) is 5.75 Å². The van der Waals surface area contributed by atoms with Crippen LogP contribution >= 0.6 is 0 Å². The molecule has 5 heteroatoms. The van der Waals surface area contributed by atoms with Gasteiger partial charge in [-0.05, 0) is 31.2 Å². The van der Waals surface area contributed by atoms with E-state index in [-0.39, 0.29) is 18.4 Å². The summed E-state index contributed by atoms with van der Waals surface area (Å²) in [5, 5.41) is 5.49. The standard InChI is InChI=1S/C17H16N2O3/c1-11-6-8-12(9-7-11)16(20)18-10-15-17(21)19-13-4-2-3-5-14(13)22-15/h2-9,15H,10H2,1H3,(H,18,20)(H,19,21). The number of carbonyl (C=O) groups is 2. The number of nitrogens with one attached hydrogen (secondary N) is 2. The van der Waals surface area contributed by atoms with Gasteiger partial charge in [0.25, 0.3) is 11.8 Å². The average Bonchev–Trinajstić information content (AvgIpc) is 2.53. The summed E-state index contributed by atoms with van der Waals surface area (Å²) >= 11 is 0. The van der Waals surface area contributed by atoms with Crippen molar-refractivity contribution in [2.24, 2.45) is 0 Å². The number of fused-ring (bicyclic) bond motifs is 1. The molecular weight excluding hydrogens is 280 g/mol. The van der Waals surface area contributed by atoms with Crippen molar-refractivity contribution in [2.75, 3.05) is 11.9 Å². The number of anilines is 1. The minimum Gasteiger partial charge on any atom is -0.477 e. The summed E-state index contributed by atoms with van der Waals surface area (Å²) in [6.07, 6.45) is -0.732. The summed E-state index contributed by atoms with van der Waals surface area (Å²) in [6, 6.07) is 14.5. The third-order valence-corrected chi connectivity index (χ3v) is 3.47. The number of rotatable bonds is 3. The molecule has 0 saturated carbocycles. The van der Waals surface area contributed by atoms with Gasteiger partial charge in [0.05, 0.1) is 12.2 Å². The number of amides is 2. The van der Waals surface area contributed by atoms with E-state index in [9.17, 15) is 9.59 Å². The van der Waals surface area contributed by atoms with Gasteiger partial charge in [0.2, 0.25) is 0 Å². The van der Waals surface area contributed by atoms with Crippen molar-refractivity contribution in [1.82, 2.24) is 5.32 Å². The summed E-state index contributed by atoms with van der Waals surface area (Å²) < 4.78 is 5.62. The van der Waals surface area contributed by atoms with Gasteiger partial charge in [0, 0.05) is 5.56 Å². The molecule has 2 amide bonds. The van der Waals surface area contributed by atoms with E-state index in [0.29, 0.717) is 17.0 Å². The van der Waals surface area contributed by atoms with E-state index < -0.39 is 6.10 Å². The molecule has 0 aromatic heterocycles. The molecule has 3 rings (SSSR count). The molecule has 0 aliphatic carbocycles. The fourth-order valence-electron chi connectivity index (χ4n) is 2.22. The van der Waals surface area contributed by atoms with Crippen LogP contribution in [-0.2, 0) is 4.79 Å². The monoisotopic (exact) mass is 296 g/mol. The lowest BCUT2D eigenvalue weighted by atomic mass is 10.1. The van der Waals surface area contributed by atoms with E-state index in [2.05, 4.69) is 10.6 Å². The van der Waals surface area contributed by atoms with Gasteiger partial charge in [-0.15, -0.1) is 0 Å². The first kappa shape index (κ1) is 14.1. The Balaban J connectivity index is 1.63. The van der Waals surface area contributed by atoms with Crippen LogP contribution in [0.4, 0.5) is 5.69 Å².